The minimum Gasteiger partial charge on any atom is -0.390 e. The molecule has 0 fully saturated rings. The number of allylic oxidation sites excluding steroid dienone is 4. The molecule has 0 amide bonds. The van der Waals surface area contributed by atoms with Gasteiger partial charge in [-0.1, -0.05) is 32.1 Å². The quantitative estimate of drug-likeness (QED) is 0.714. The van der Waals surface area contributed by atoms with Gasteiger partial charge in [-0.25, -0.2) is 0 Å². The van der Waals surface area contributed by atoms with E-state index in [0.717, 1.165) is 12.8 Å². The maximum Gasteiger partial charge on any atom is 0.0623 e. The molecular formula is C15H24O. The predicted molar refractivity (Wildman–Crippen MR) is 68.1 cm³/mol. The van der Waals surface area contributed by atoms with E-state index < -0.39 is 5.60 Å². The van der Waals surface area contributed by atoms with Gasteiger partial charge >= 0.3 is 0 Å². The molecule has 0 spiro atoms. The van der Waals surface area contributed by atoms with Gasteiger partial charge in [-0.3, -0.25) is 0 Å². The average molecular weight is 220 g/mol. The van der Waals surface area contributed by atoms with Crippen molar-refractivity contribution in [2.45, 2.75) is 52.6 Å². The van der Waals surface area contributed by atoms with Crippen LogP contribution in [-0.4, -0.2) is 10.7 Å². The lowest BCUT2D eigenvalue weighted by Gasteiger charge is -2.47. The van der Waals surface area contributed by atoms with Gasteiger partial charge in [0.1, 0.15) is 0 Å². The Balaban J connectivity index is 2.30. The third-order valence-electron chi connectivity index (χ3n) is 4.83. The van der Waals surface area contributed by atoms with E-state index in [1.54, 1.807) is 0 Å². The molecule has 0 saturated heterocycles. The summed E-state index contributed by atoms with van der Waals surface area (Å²) in [5, 5.41) is 10.2. The van der Waals surface area contributed by atoms with Crippen LogP contribution in [0.1, 0.15) is 47.0 Å². The van der Waals surface area contributed by atoms with Crippen LogP contribution in [0.25, 0.3) is 0 Å². The maximum absolute atomic E-state index is 10.2. The molecule has 0 aromatic heterocycles. The van der Waals surface area contributed by atoms with Crippen molar-refractivity contribution in [1.29, 1.82) is 0 Å². The number of fused-ring (bicyclic) bond motifs is 1. The molecule has 2 aliphatic carbocycles. The minimum atomic E-state index is -0.550. The van der Waals surface area contributed by atoms with E-state index >= 15 is 0 Å². The van der Waals surface area contributed by atoms with E-state index in [0.29, 0.717) is 11.8 Å². The van der Waals surface area contributed by atoms with E-state index in [1.165, 1.54) is 12.0 Å². The molecule has 0 bridgehead atoms. The van der Waals surface area contributed by atoms with Crippen molar-refractivity contribution in [1.82, 2.24) is 0 Å². The third kappa shape index (κ3) is 1.86. The zero-order valence-corrected chi connectivity index (χ0v) is 11.0. The number of rotatable bonds is 1. The monoisotopic (exact) mass is 220 g/mol. The SMILES string of the molecule is CC1CC=CC2=CCC(C(C)(C)O)CC21C. The highest BCUT2D eigenvalue weighted by Crippen LogP contribution is 2.51. The van der Waals surface area contributed by atoms with Crippen LogP contribution in [0.4, 0.5) is 0 Å². The standard InChI is InChI=1S/C15H24O/c1-11-6-5-7-12-8-9-13(14(2,3)16)10-15(11,12)4/h5,7-8,11,13,16H,6,9-10H2,1-4H3. The number of aliphatic hydroxyl groups is 1. The zero-order valence-electron chi connectivity index (χ0n) is 11.0. The summed E-state index contributed by atoms with van der Waals surface area (Å²) >= 11 is 0. The molecular weight excluding hydrogens is 196 g/mol. The van der Waals surface area contributed by atoms with Gasteiger partial charge in [0.15, 0.2) is 0 Å². The van der Waals surface area contributed by atoms with Crippen LogP contribution in [0.2, 0.25) is 0 Å². The second kappa shape index (κ2) is 3.73. The van der Waals surface area contributed by atoms with Gasteiger partial charge in [-0.05, 0) is 55.9 Å². The second-order valence-corrected chi connectivity index (χ2v) is 6.41. The summed E-state index contributed by atoms with van der Waals surface area (Å²) in [7, 11) is 0. The summed E-state index contributed by atoms with van der Waals surface area (Å²) in [5.41, 5.74) is 1.22. The minimum absolute atomic E-state index is 0.275. The summed E-state index contributed by atoms with van der Waals surface area (Å²) in [6, 6.07) is 0. The lowest BCUT2D eigenvalue weighted by Crippen LogP contribution is -2.41. The van der Waals surface area contributed by atoms with Gasteiger partial charge in [0.05, 0.1) is 5.60 Å². The van der Waals surface area contributed by atoms with Gasteiger partial charge in [0.2, 0.25) is 0 Å². The molecule has 2 aliphatic rings. The summed E-state index contributed by atoms with van der Waals surface area (Å²) < 4.78 is 0. The normalized spacial score (nSPS) is 39.2. The van der Waals surface area contributed by atoms with E-state index in [-0.39, 0.29) is 5.41 Å². The fourth-order valence-corrected chi connectivity index (χ4v) is 3.16. The van der Waals surface area contributed by atoms with Gasteiger partial charge in [0.25, 0.3) is 0 Å². The zero-order chi connectivity index (χ0) is 12.0. The smallest absolute Gasteiger partial charge is 0.0623 e. The first-order chi connectivity index (χ1) is 7.34. The Kier molecular flexibility index (Phi) is 2.78. The summed E-state index contributed by atoms with van der Waals surface area (Å²) in [6.45, 7) is 8.60. The number of hydrogen-bond donors (Lipinski definition) is 1. The summed E-state index contributed by atoms with van der Waals surface area (Å²) in [6.07, 6.45) is 10.2. The van der Waals surface area contributed by atoms with Crippen LogP contribution in [0, 0.1) is 17.3 Å². The topological polar surface area (TPSA) is 20.2 Å². The van der Waals surface area contributed by atoms with Crippen molar-refractivity contribution < 1.29 is 5.11 Å². The molecule has 16 heavy (non-hydrogen) atoms. The van der Waals surface area contributed by atoms with Crippen molar-refractivity contribution in [3.63, 3.8) is 0 Å². The number of hydrogen-bond acceptors (Lipinski definition) is 1. The molecule has 3 atom stereocenters. The van der Waals surface area contributed by atoms with Crippen molar-refractivity contribution in [2.75, 3.05) is 0 Å². The Labute approximate surface area is 99.3 Å². The summed E-state index contributed by atoms with van der Waals surface area (Å²) in [5.74, 6) is 1.09. The van der Waals surface area contributed by atoms with Crippen molar-refractivity contribution >= 4 is 0 Å². The second-order valence-electron chi connectivity index (χ2n) is 6.41. The molecule has 1 N–H and O–H groups in total. The van der Waals surface area contributed by atoms with Crippen LogP contribution in [-0.2, 0) is 0 Å². The van der Waals surface area contributed by atoms with Crippen LogP contribution < -0.4 is 0 Å². The molecule has 90 valence electrons. The average Bonchev–Trinajstić information content (AvgIpc) is 2.17. The Bertz CT molecular complexity index is 332. The van der Waals surface area contributed by atoms with E-state index in [1.807, 2.05) is 13.8 Å². The largest absolute Gasteiger partial charge is 0.390 e. The Morgan fingerprint density at radius 3 is 2.69 bits per heavy atom. The van der Waals surface area contributed by atoms with E-state index in [4.69, 9.17) is 0 Å². The predicted octanol–water partition coefficient (Wildman–Crippen LogP) is 3.70. The fourth-order valence-electron chi connectivity index (χ4n) is 3.16. The third-order valence-corrected chi connectivity index (χ3v) is 4.83. The molecule has 0 radical (unpaired) electrons. The first kappa shape index (κ1) is 11.9. The van der Waals surface area contributed by atoms with Crippen molar-refractivity contribution in [3.05, 3.63) is 23.8 Å². The summed E-state index contributed by atoms with van der Waals surface area (Å²) in [4.78, 5) is 0. The molecule has 2 rings (SSSR count). The molecule has 0 aromatic rings. The molecule has 0 aliphatic heterocycles. The molecule has 0 heterocycles. The van der Waals surface area contributed by atoms with Crippen LogP contribution in [0.3, 0.4) is 0 Å². The fraction of sp³-hybridized carbons (Fsp3) is 0.733. The van der Waals surface area contributed by atoms with E-state index in [2.05, 4.69) is 32.1 Å². The lowest BCUT2D eigenvalue weighted by molar-refractivity contribution is -0.0108. The lowest BCUT2D eigenvalue weighted by atomic mass is 9.59. The van der Waals surface area contributed by atoms with Crippen molar-refractivity contribution in [2.24, 2.45) is 17.3 Å². The molecule has 1 heteroatoms. The first-order valence-electron chi connectivity index (χ1n) is 6.43. The highest BCUT2D eigenvalue weighted by atomic mass is 16.3. The van der Waals surface area contributed by atoms with Crippen molar-refractivity contribution in [3.8, 4) is 0 Å². The van der Waals surface area contributed by atoms with E-state index in [9.17, 15) is 5.11 Å². The highest BCUT2D eigenvalue weighted by molar-refractivity contribution is 5.33. The Morgan fingerprint density at radius 1 is 1.38 bits per heavy atom. The van der Waals surface area contributed by atoms with Crippen LogP contribution in [0.5, 0.6) is 0 Å². The van der Waals surface area contributed by atoms with Crippen LogP contribution >= 0.6 is 0 Å². The maximum atomic E-state index is 10.2. The molecule has 3 unspecified atom stereocenters. The molecule has 1 nitrogen and oxygen atoms in total. The highest BCUT2D eigenvalue weighted by Gasteiger charge is 2.43. The van der Waals surface area contributed by atoms with Gasteiger partial charge in [-0.2, -0.15) is 0 Å². The Morgan fingerprint density at radius 2 is 2.06 bits per heavy atom. The van der Waals surface area contributed by atoms with Gasteiger partial charge in [0, 0.05) is 0 Å². The first-order valence-corrected chi connectivity index (χ1v) is 6.43. The molecule has 0 saturated carbocycles. The molecule has 0 aromatic carbocycles. The van der Waals surface area contributed by atoms with Gasteiger partial charge < -0.3 is 5.11 Å². The van der Waals surface area contributed by atoms with Gasteiger partial charge in [-0.15, -0.1) is 0 Å². The Hall–Kier alpha value is -0.560. The van der Waals surface area contributed by atoms with Crippen LogP contribution in [0.15, 0.2) is 23.8 Å².